The summed E-state index contributed by atoms with van der Waals surface area (Å²) in [7, 11) is 0. The zero-order valence-electron chi connectivity index (χ0n) is 13.4. The van der Waals surface area contributed by atoms with Crippen molar-refractivity contribution in [3.05, 3.63) is 29.8 Å². The van der Waals surface area contributed by atoms with Crippen LogP contribution < -0.4 is 4.74 Å². The van der Waals surface area contributed by atoms with E-state index in [4.69, 9.17) is 19.3 Å². The fourth-order valence-corrected chi connectivity index (χ4v) is 2.23. The molecule has 0 saturated carbocycles. The van der Waals surface area contributed by atoms with E-state index < -0.39 is 42.6 Å². The summed E-state index contributed by atoms with van der Waals surface area (Å²) in [5.41, 5.74) is 0.296. The van der Waals surface area contributed by atoms with Crippen molar-refractivity contribution < 1.29 is 44.2 Å². The molecule has 25 heavy (non-hydrogen) atoms. The van der Waals surface area contributed by atoms with Gasteiger partial charge in [-0.05, 0) is 30.7 Å². The van der Waals surface area contributed by atoms with E-state index in [2.05, 4.69) is 0 Å². The molecular weight excluding hydrogens is 336 g/mol. The Labute approximate surface area is 143 Å². The Kier molecular flexibility index (Phi) is 6.32. The number of aliphatic hydroxyl groups is 3. The molecule has 1 aromatic rings. The minimum absolute atomic E-state index is 0.170. The lowest BCUT2D eigenvalue weighted by molar-refractivity contribution is -0.271. The molecule has 1 saturated heterocycles. The molecule has 5 atom stereocenters. The summed E-state index contributed by atoms with van der Waals surface area (Å²) in [6.07, 6.45) is -7.74. The first kappa shape index (κ1) is 19.1. The predicted octanol–water partition coefficient (Wildman–Crippen LogP) is -0.476. The largest absolute Gasteiger partial charge is 0.479 e. The standard InChI is InChI=1S/C16H20O9/c1-2-7-23-15(22)8-3-5-9(6-4-8)24-16-12(19)10(17)11(18)13(25-16)14(20)21/h3-6,10-13,16-19H,2,7H2,1H3,(H,20,21)/t10?,11-,12?,13-,16+/m0/s1. The van der Waals surface area contributed by atoms with Gasteiger partial charge in [-0.1, -0.05) is 6.92 Å². The number of ether oxygens (including phenoxy) is 3. The van der Waals surface area contributed by atoms with Gasteiger partial charge >= 0.3 is 11.9 Å². The van der Waals surface area contributed by atoms with Gasteiger partial charge < -0.3 is 34.6 Å². The number of carbonyl (C=O) groups is 2. The molecule has 9 nitrogen and oxygen atoms in total. The topological polar surface area (TPSA) is 143 Å². The van der Waals surface area contributed by atoms with E-state index >= 15 is 0 Å². The van der Waals surface area contributed by atoms with Crippen LogP contribution in [0.3, 0.4) is 0 Å². The lowest BCUT2D eigenvalue weighted by atomic mass is 9.99. The third-order valence-corrected chi connectivity index (χ3v) is 3.59. The molecule has 2 unspecified atom stereocenters. The molecule has 0 amide bonds. The SMILES string of the molecule is CCCOC(=O)c1ccc(O[C@@H]2O[C@H](C(=O)O)[C@@H](O)C(O)C2O)cc1. The maximum absolute atomic E-state index is 11.7. The molecule has 0 spiro atoms. The first-order chi connectivity index (χ1) is 11.8. The second-order valence-electron chi connectivity index (χ2n) is 5.51. The van der Waals surface area contributed by atoms with Crippen LogP contribution in [-0.4, -0.2) is 69.7 Å². The van der Waals surface area contributed by atoms with Crippen LogP contribution in [0.15, 0.2) is 24.3 Å². The molecule has 0 aliphatic carbocycles. The molecule has 1 aromatic carbocycles. The van der Waals surface area contributed by atoms with Gasteiger partial charge in [0.2, 0.25) is 6.29 Å². The van der Waals surface area contributed by atoms with E-state index in [-0.39, 0.29) is 5.75 Å². The third kappa shape index (κ3) is 4.45. The molecule has 0 aromatic heterocycles. The van der Waals surface area contributed by atoms with E-state index in [9.17, 15) is 24.9 Å². The number of aliphatic carboxylic acids is 1. The van der Waals surface area contributed by atoms with Crippen molar-refractivity contribution >= 4 is 11.9 Å². The van der Waals surface area contributed by atoms with E-state index in [0.717, 1.165) is 0 Å². The van der Waals surface area contributed by atoms with Gasteiger partial charge in [-0.15, -0.1) is 0 Å². The Morgan fingerprint density at radius 3 is 2.28 bits per heavy atom. The molecule has 4 N–H and O–H groups in total. The summed E-state index contributed by atoms with van der Waals surface area (Å²) < 4.78 is 15.3. The van der Waals surface area contributed by atoms with Gasteiger partial charge in [-0.25, -0.2) is 9.59 Å². The van der Waals surface area contributed by atoms with Crippen LogP contribution in [0.4, 0.5) is 0 Å². The summed E-state index contributed by atoms with van der Waals surface area (Å²) >= 11 is 0. The third-order valence-electron chi connectivity index (χ3n) is 3.59. The van der Waals surface area contributed by atoms with Crippen LogP contribution in [0, 0.1) is 0 Å². The van der Waals surface area contributed by atoms with Crippen molar-refractivity contribution in [1.29, 1.82) is 0 Å². The molecule has 1 heterocycles. The normalized spacial score (nSPS) is 29.0. The Bertz CT molecular complexity index is 600. The maximum atomic E-state index is 11.7. The molecule has 138 valence electrons. The maximum Gasteiger partial charge on any atom is 0.338 e. The number of benzene rings is 1. The quantitative estimate of drug-likeness (QED) is 0.497. The number of aliphatic hydroxyl groups excluding tert-OH is 3. The van der Waals surface area contributed by atoms with Gasteiger partial charge in [-0.2, -0.15) is 0 Å². The van der Waals surface area contributed by atoms with Crippen molar-refractivity contribution in [3.63, 3.8) is 0 Å². The van der Waals surface area contributed by atoms with Crippen LogP contribution in [0.1, 0.15) is 23.7 Å². The summed E-state index contributed by atoms with van der Waals surface area (Å²) in [6, 6.07) is 5.68. The van der Waals surface area contributed by atoms with Gasteiger partial charge in [-0.3, -0.25) is 0 Å². The Morgan fingerprint density at radius 2 is 1.72 bits per heavy atom. The summed E-state index contributed by atoms with van der Waals surface area (Å²) in [6.45, 7) is 2.17. The number of hydrogen-bond acceptors (Lipinski definition) is 8. The highest BCUT2D eigenvalue weighted by atomic mass is 16.7. The molecule has 9 heteroatoms. The Hall–Kier alpha value is -2.20. The zero-order chi connectivity index (χ0) is 18.6. The molecule has 0 radical (unpaired) electrons. The van der Waals surface area contributed by atoms with E-state index in [0.29, 0.717) is 18.6 Å². The van der Waals surface area contributed by atoms with Crippen LogP contribution in [-0.2, 0) is 14.3 Å². The Morgan fingerprint density at radius 1 is 1.08 bits per heavy atom. The fraction of sp³-hybridized carbons (Fsp3) is 0.500. The molecular formula is C16H20O9. The van der Waals surface area contributed by atoms with Crippen molar-refractivity contribution in [2.24, 2.45) is 0 Å². The number of carboxylic acid groups (broad SMARTS) is 1. The van der Waals surface area contributed by atoms with Gasteiger partial charge in [0.1, 0.15) is 24.1 Å². The summed E-state index contributed by atoms with van der Waals surface area (Å²) in [5.74, 6) is -1.82. The fourth-order valence-electron chi connectivity index (χ4n) is 2.23. The Balaban J connectivity index is 2.05. The number of carbonyl (C=O) groups excluding carboxylic acids is 1. The van der Waals surface area contributed by atoms with E-state index in [1.807, 2.05) is 6.92 Å². The van der Waals surface area contributed by atoms with Crippen LogP contribution in [0.5, 0.6) is 5.75 Å². The highest BCUT2D eigenvalue weighted by Crippen LogP contribution is 2.25. The molecule has 1 fully saturated rings. The van der Waals surface area contributed by atoms with Crippen LogP contribution in [0.2, 0.25) is 0 Å². The van der Waals surface area contributed by atoms with Crippen LogP contribution >= 0.6 is 0 Å². The number of rotatable bonds is 6. The first-order valence-electron chi connectivity index (χ1n) is 7.71. The zero-order valence-corrected chi connectivity index (χ0v) is 13.4. The molecule has 0 bridgehead atoms. The molecule has 2 rings (SSSR count). The average Bonchev–Trinajstić information content (AvgIpc) is 2.60. The summed E-state index contributed by atoms with van der Waals surface area (Å²) in [4.78, 5) is 22.7. The van der Waals surface area contributed by atoms with E-state index in [1.165, 1.54) is 24.3 Å². The lowest BCUT2D eigenvalue weighted by Gasteiger charge is -2.38. The second-order valence-corrected chi connectivity index (χ2v) is 5.51. The first-order valence-corrected chi connectivity index (χ1v) is 7.71. The van der Waals surface area contributed by atoms with Crippen LogP contribution in [0.25, 0.3) is 0 Å². The van der Waals surface area contributed by atoms with Gasteiger partial charge in [0.05, 0.1) is 12.2 Å². The second kappa shape index (κ2) is 8.26. The number of hydrogen-bond donors (Lipinski definition) is 4. The number of carboxylic acids is 1. The van der Waals surface area contributed by atoms with Gasteiger partial charge in [0.25, 0.3) is 0 Å². The highest BCUT2D eigenvalue weighted by molar-refractivity contribution is 5.89. The number of esters is 1. The van der Waals surface area contributed by atoms with Crippen molar-refractivity contribution in [3.8, 4) is 5.75 Å². The lowest BCUT2D eigenvalue weighted by Crippen LogP contribution is -2.61. The highest BCUT2D eigenvalue weighted by Gasteiger charge is 2.48. The summed E-state index contributed by atoms with van der Waals surface area (Å²) in [5, 5.41) is 38.2. The van der Waals surface area contributed by atoms with Gasteiger partial charge in [0.15, 0.2) is 6.10 Å². The van der Waals surface area contributed by atoms with Gasteiger partial charge in [0, 0.05) is 0 Å². The monoisotopic (exact) mass is 356 g/mol. The van der Waals surface area contributed by atoms with E-state index in [1.54, 1.807) is 0 Å². The van der Waals surface area contributed by atoms with Crippen molar-refractivity contribution in [2.75, 3.05) is 6.61 Å². The average molecular weight is 356 g/mol. The smallest absolute Gasteiger partial charge is 0.338 e. The van der Waals surface area contributed by atoms with Crippen molar-refractivity contribution in [2.45, 2.75) is 44.1 Å². The minimum Gasteiger partial charge on any atom is -0.479 e. The molecule has 1 aliphatic rings. The predicted molar refractivity (Wildman–Crippen MR) is 82.0 cm³/mol. The minimum atomic E-state index is -1.79. The van der Waals surface area contributed by atoms with Crippen molar-refractivity contribution in [1.82, 2.24) is 0 Å². The molecule has 1 aliphatic heterocycles.